The first-order chi connectivity index (χ1) is 11.8. The summed E-state index contributed by atoms with van der Waals surface area (Å²) in [5.41, 5.74) is 2.59. The van der Waals surface area contributed by atoms with Crippen molar-refractivity contribution in [3.63, 3.8) is 0 Å². The molecule has 0 spiro atoms. The van der Waals surface area contributed by atoms with E-state index in [-0.39, 0.29) is 6.04 Å². The van der Waals surface area contributed by atoms with Crippen LogP contribution >= 0.6 is 0 Å². The fraction of sp³-hybridized carbons (Fsp3) is 0.111. The van der Waals surface area contributed by atoms with E-state index >= 15 is 0 Å². The van der Waals surface area contributed by atoms with Crippen LogP contribution in [0.5, 0.6) is 0 Å². The van der Waals surface area contributed by atoms with Crippen LogP contribution in [0.4, 0.5) is 16.2 Å². The Bertz CT molecular complexity index is 788. The molecule has 1 atom stereocenters. The van der Waals surface area contributed by atoms with Gasteiger partial charge in [-0.25, -0.2) is 9.78 Å². The van der Waals surface area contributed by atoms with Crippen LogP contribution in [0, 0.1) is 0 Å². The van der Waals surface area contributed by atoms with Gasteiger partial charge in [-0.2, -0.15) is 0 Å². The van der Waals surface area contributed by atoms with Gasteiger partial charge in [0.15, 0.2) is 0 Å². The van der Waals surface area contributed by atoms with Gasteiger partial charge in [0, 0.05) is 23.8 Å². The number of nitrogens with one attached hydrogen (secondary N) is 3. The Morgan fingerprint density at radius 1 is 1.12 bits per heavy atom. The second-order valence-corrected chi connectivity index (χ2v) is 5.16. The second-order valence-electron chi connectivity index (χ2n) is 5.16. The van der Waals surface area contributed by atoms with Crippen LogP contribution < -0.4 is 10.6 Å². The number of carbonyl (C=O) groups excluding carboxylic acids is 1. The number of imidazole rings is 1. The second kappa shape index (κ2) is 7.32. The van der Waals surface area contributed by atoms with Gasteiger partial charge < -0.3 is 15.0 Å². The molecule has 24 heavy (non-hydrogen) atoms. The summed E-state index contributed by atoms with van der Waals surface area (Å²) in [4.78, 5) is 18.9. The maximum Gasteiger partial charge on any atom is 0.411 e. The van der Waals surface area contributed by atoms with E-state index in [1.807, 2.05) is 48.5 Å². The highest BCUT2D eigenvalue weighted by molar-refractivity contribution is 5.85. The number of amides is 1. The first-order valence-electron chi connectivity index (χ1n) is 7.52. The lowest BCUT2D eigenvalue weighted by atomic mass is 10.1. The number of carbonyl (C=O) groups is 1. The summed E-state index contributed by atoms with van der Waals surface area (Å²) < 4.78 is 4.62. The molecule has 0 aliphatic heterocycles. The number of hydrogen-bond acceptors (Lipinski definition) is 4. The van der Waals surface area contributed by atoms with Crippen molar-refractivity contribution >= 4 is 17.5 Å². The van der Waals surface area contributed by atoms with Crippen LogP contribution in [0.25, 0.3) is 0 Å². The number of H-pyrrole nitrogens is 1. The number of aromatic nitrogens is 2. The molecule has 0 aliphatic carbocycles. The number of nitrogens with zero attached hydrogens (tertiary/aromatic N) is 1. The minimum absolute atomic E-state index is 0.130. The molecule has 6 nitrogen and oxygen atoms in total. The number of methoxy groups -OCH3 is 1. The minimum Gasteiger partial charge on any atom is -0.453 e. The highest BCUT2D eigenvalue weighted by Crippen LogP contribution is 2.25. The Kier molecular flexibility index (Phi) is 4.76. The summed E-state index contributed by atoms with van der Waals surface area (Å²) in [6, 6.07) is 17.3. The van der Waals surface area contributed by atoms with E-state index in [0.29, 0.717) is 5.69 Å². The summed E-state index contributed by atoms with van der Waals surface area (Å²) in [7, 11) is 1.33. The van der Waals surface area contributed by atoms with E-state index in [9.17, 15) is 4.79 Å². The summed E-state index contributed by atoms with van der Waals surface area (Å²) in [6.07, 6.45) is 3.02. The molecule has 3 aromatic rings. The van der Waals surface area contributed by atoms with Gasteiger partial charge >= 0.3 is 6.09 Å². The topological polar surface area (TPSA) is 79.0 Å². The van der Waals surface area contributed by atoms with Gasteiger partial charge in [0.05, 0.1) is 7.11 Å². The summed E-state index contributed by atoms with van der Waals surface area (Å²) >= 11 is 0. The Hall–Kier alpha value is -3.28. The number of rotatable bonds is 5. The molecule has 0 aliphatic rings. The molecule has 0 radical (unpaired) electrons. The molecule has 1 amide bonds. The predicted molar refractivity (Wildman–Crippen MR) is 93.0 cm³/mol. The molecule has 3 N–H and O–H groups in total. The fourth-order valence-electron chi connectivity index (χ4n) is 2.41. The fourth-order valence-corrected chi connectivity index (χ4v) is 2.41. The van der Waals surface area contributed by atoms with Gasteiger partial charge in [-0.05, 0) is 23.8 Å². The standard InChI is InChI=1S/C18H18N4O2/c1-24-18(23)22-15-9-5-8-14(12-15)21-16(17-19-10-11-20-17)13-6-3-2-4-7-13/h2-12,16,21H,1H3,(H,19,20)(H,22,23)/t16-/m0/s1. The maximum atomic E-state index is 11.4. The Labute approximate surface area is 139 Å². The SMILES string of the molecule is COC(=O)Nc1cccc(N[C@@H](c2ccccc2)c2ncc[nH]2)c1. The molecule has 0 bridgehead atoms. The minimum atomic E-state index is -0.502. The number of benzene rings is 2. The molecule has 2 aromatic carbocycles. The van der Waals surface area contributed by atoms with Crippen molar-refractivity contribution in [1.29, 1.82) is 0 Å². The van der Waals surface area contributed by atoms with Gasteiger partial charge in [0.25, 0.3) is 0 Å². The highest BCUT2D eigenvalue weighted by Gasteiger charge is 2.16. The van der Waals surface area contributed by atoms with Crippen LogP contribution in [0.3, 0.4) is 0 Å². The van der Waals surface area contributed by atoms with Gasteiger partial charge in [0.2, 0.25) is 0 Å². The molecular formula is C18H18N4O2. The zero-order chi connectivity index (χ0) is 16.8. The Morgan fingerprint density at radius 3 is 2.62 bits per heavy atom. The van der Waals surface area contributed by atoms with Crippen molar-refractivity contribution < 1.29 is 9.53 Å². The largest absolute Gasteiger partial charge is 0.453 e. The molecule has 0 saturated heterocycles. The third-order valence-corrected chi connectivity index (χ3v) is 3.53. The van der Waals surface area contributed by atoms with E-state index < -0.39 is 6.09 Å². The normalized spacial score (nSPS) is 11.5. The van der Waals surface area contributed by atoms with E-state index in [1.165, 1.54) is 7.11 Å². The summed E-state index contributed by atoms with van der Waals surface area (Å²) in [5, 5.41) is 6.10. The molecule has 1 heterocycles. The summed E-state index contributed by atoms with van der Waals surface area (Å²) in [6.45, 7) is 0. The quantitative estimate of drug-likeness (QED) is 0.668. The van der Waals surface area contributed by atoms with E-state index in [0.717, 1.165) is 17.1 Å². The lowest BCUT2D eigenvalue weighted by Gasteiger charge is -2.19. The van der Waals surface area contributed by atoms with Crippen LogP contribution in [0.15, 0.2) is 67.0 Å². The van der Waals surface area contributed by atoms with Gasteiger partial charge in [-0.3, -0.25) is 5.32 Å². The molecule has 3 rings (SSSR count). The Balaban J connectivity index is 1.86. The monoisotopic (exact) mass is 322 g/mol. The zero-order valence-electron chi connectivity index (χ0n) is 13.2. The molecule has 0 fully saturated rings. The average Bonchev–Trinajstić information content (AvgIpc) is 3.15. The van der Waals surface area contributed by atoms with E-state index in [4.69, 9.17) is 0 Å². The molecule has 0 saturated carbocycles. The van der Waals surface area contributed by atoms with Gasteiger partial charge in [-0.15, -0.1) is 0 Å². The van der Waals surface area contributed by atoms with Crippen molar-refractivity contribution in [3.05, 3.63) is 78.4 Å². The third kappa shape index (κ3) is 3.73. The van der Waals surface area contributed by atoms with Crippen LogP contribution in [-0.4, -0.2) is 23.2 Å². The maximum absolute atomic E-state index is 11.4. The summed E-state index contributed by atoms with van der Waals surface area (Å²) in [5.74, 6) is 0.813. The molecular weight excluding hydrogens is 304 g/mol. The number of ether oxygens (including phenoxy) is 1. The highest BCUT2D eigenvalue weighted by atomic mass is 16.5. The predicted octanol–water partition coefficient (Wildman–Crippen LogP) is 3.79. The molecule has 6 heteroatoms. The van der Waals surface area contributed by atoms with E-state index in [2.05, 4.69) is 25.3 Å². The smallest absolute Gasteiger partial charge is 0.411 e. The lowest BCUT2D eigenvalue weighted by Crippen LogP contribution is -2.15. The van der Waals surface area contributed by atoms with Crippen molar-refractivity contribution in [3.8, 4) is 0 Å². The van der Waals surface area contributed by atoms with Crippen molar-refractivity contribution in [2.24, 2.45) is 0 Å². The third-order valence-electron chi connectivity index (χ3n) is 3.53. The van der Waals surface area contributed by atoms with Crippen molar-refractivity contribution in [1.82, 2.24) is 9.97 Å². The van der Waals surface area contributed by atoms with Gasteiger partial charge in [-0.1, -0.05) is 36.4 Å². The number of hydrogen-bond donors (Lipinski definition) is 3. The van der Waals surface area contributed by atoms with Crippen LogP contribution in [0.2, 0.25) is 0 Å². The number of aromatic amines is 1. The van der Waals surface area contributed by atoms with Crippen LogP contribution in [0.1, 0.15) is 17.4 Å². The number of anilines is 2. The average molecular weight is 322 g/mol. The lowest BCUT2D eigenvalue weighted by molar-refractivity contribution is 0.187. The van der Waals surface area contributed by atoms with E-state index in [1.54, 1.807) is 18.5 Å². The van der Waals surface area contributed by atoms with Gasteiger partial charge in [0.1, 0.15) is 11.9 Å². The Morgan fingerprint density at radius 2 is 1.92 bits per heavy atom. The first kappa shape index (κ1) is 15.6. The molecule has 1 aromatic heterocycles. The molecule has 0 unspecified atom stereocenters. The molecule has 122 valence electrons. The van der Waals surface area contributed by atoms with Crippen LogP contribution in [-0.2, 0) is 4.74 Å². The first-order valence-corrected chi connectivity index (χ1v) is 7.52. The zero-order valence-corrected chi connectivity index (χ0v) is 13.2. The van der Waals surface area contributed by atoms with Crippen molar-refractivity contribution in [2.45, 2.75) is 6.04 Å². The van der Waals surface area contributed by atoms with Crippen molar-refractivity contribution in [2.75, 3.05) is 17.7 Å².